The molecule has 1 heterocycles. The molecule has 0 bridgehead atoms. The van der Waals surface area contributed by atoms with Crippen LogP contribution in [0.15, 0.2) is 30.3 Å². The number of rotatable bonds is 11. The third-order valence-corrected chi connectivity index (χ3v) is 13.7. The zero-order valence-electron chi connectivity index (χ0n) is 47.3. The van der Waals surface area contributed by atoms with Crippen LogP contribution >= 0.6 is 0 Å². The van der Waals surface area contributed by atoms with Crippen molar-refractivity contribution in [2.45, 2.75) is 175 Å². The molecule has 1 aromatic carbocycles. The van der Waals surface area contributed by atoms with E-state index in [0.29, 0.717) is 6.42 Å². The van der Waals surface area contributed by atoms with Crippen LogP contribution in [0.4, 0.5) is 0 Å². The van der Waals surface area contributed by atoms with Crippen molar-refractivity contribution in [3.05, 3.63) is 35.9 Å². The molecular weight excluding hydrogens is 933 g/mol. The van der Waals surface area contributed by atoms with Gasteiger partial charge in [-0.3, -0.25) is 9.59 Å². The summed E-state index contributed by atoms with van der Waals surface area (Å²) in [6.07, 6.45) is -0.441. The van der Waals surface area contributed by atoms with E-state index in [0.717, 1.165) is 5.56 Å². The minimum absolute atomic E-state index is 0.0767. The fraction of sp³-hybridized carbons (Fsp3) is 0.717. The molecule has 19 nitrogen and oxygen atoms in total. The Balaban J connectivity index is 2.86. The fourth-order valence-corrected chi connectivity index (χ4v) is 8.83. The van der Waals surface area contributed by atoms with Crippen LogP contribution in [0.2, 0.25) is 0 Å². The van der Waals surface area contributed by atoms with Gasteiger partial charge < -0.3 is 5.32 Å². The number of benzene rings is 1. The van der Waals surface area contributed by atoms with Gasteiger partial charge in [0.15, 0.2) is 0 Å². The summed E-state index contributed by atoms with van der Waals surface area (Å²) < 4.78 is 6.05. The number of likely N-dealkylation sites (N-methyl/N-ethyl adjacent to an activating group) is 6. The van der Waals surface area contributed by atoms with Gasteiger partial charge in [-0.1, -0.05) is 26.3 Å². The number of hydrogen-bond acceptors (Lipinski definition) is 11. The van der Waals surface area contributed by atoms with Crippen molar-refractivity contribution in [3.63, 3.8) is 0 Å². The van der Waals surface area contributed by atoms with Gasteiger partial charge in [0, 0.05) is 19.5 Å². The summed E-state index contributed by atoms with van der Waals surface area (Å²) in [6.45, 7) is 20.8. The van der Waals surface area contributed by atoms with Crippen molar-refractivity contribution in [2.75, 3.05) is 55.4 Å². The average molecular weight is 1020 g/mol. The number of amides is 8. The maximum absolute atomic E-state index is 14.9. The maximum atomic E-state index is 14.9. The first-order valence-corrected chi connectivity index (χ1v) is 25.7. The second-order valence-corrected chi connectivity index (χ2v) is 22.0. The summed E-state index contributed by atoms with van der Waals surface area (Å²) >= 11 is 0. The van der Waals surface area contributed by atoms with E-state index in [9.17, 15) is 43.5 Å². The van der Waals surface area contributed by atoms with Gasteiger partial charge >= 0.3 is 353 Å². The molecule has 0 saturated carbocycles. The first kappa shape index (κ1) is 63.8. The molecule has 1 aliphatic rings. The summed E-state index contributed by atoms with van der Waals surface area (Å²) in [4.78, 5) is 123. The number of ether oxygens (including phenoxy) is 1. The number of aliphatic hydroxyl groups excluding tert-OH is 1. The number of nitrogens with zero attached hydrogens (tertiary/aromatic N) is 6. The SMILES string of the molecule is B=C1[C@H]([C@@H](C)O)NC(=O)[C@H](CC(C)C)N(C)C(=O)[C@H](Cc2ccccc2)N(C)C(=O)[C@@H](C)N(C)C(=O)C[C@@H](C)NC(=O)[C@H]([C@@H](C)CC)N(C)C(=O)[C@H](CC(C)C)N(C)C(=O)[C@H](COC(C)(C)C)NC(=O)CN1C. The van der Waals surface area contributed by atoms with Crippen LogP contribution < -0.4 is 16.0 Å². The Hall–Kier alpha value is -5.37. The molecular formula is C53H90BN9O10. The molecule has 20 heteroatoms. The topological polar surface area (TPSA) is 222 Å². The van der Waals surface area contributed by atoms with Gasteiger partial charge in [0.25, 0.3) is 0 Å². The molecule has 0 aromatic heterocycles. The van der Waals surface area contributed by atoms with Crippen LogP contribution in [0.3, 0.4) is 0 Å². The van der Waals surface area contributed by atoms with Gasteiger partial charge in [0.1, 0.15) is 0 Å². The predicted molar refractivity (Wildman–Crippen MR) is 285 cm³/mol. The standard InChI is InChI=1S/C53H90BN9O10/c1-19-33(6)45-48(68)55-34(7)27-43(66)59(14)35(8)49(69)61(16)41(28-37-23-21-20-22-24-37)51(71)60(15)39(25-31(2)3)47(67)57-44(36(9)64)46(54)58(13)29-42(65)56-38(30-73-53(10,11)12)50(70)62(17)40(26-32(4)5)52(72)63(45)18/h20-24,31-36,38-41,44-45,54,64H,19,25-30H2,1-18H3,(H,55,68)(H,56,65)(H,57,67)/t33-,34+,35+,36+,38-,39-,40-,41-,44-,45-/m0/s1. The first-order chi connectivity index (χ1) is 33.7. The predicted octanol–water partition coefficient (Wildman–Crippen LogP) is 1.56. The second kappa shape index (κ2) is 28.3. The van der Waals surface area contributed by atoms with E-state index in [-0.39, 0.29) is 62.2 Å². The van der Waals surface area contributed by atoms with E-state index in [1.165, 1.54) is 71.6 Å². The van der Waals surface area contributed by atoms with Crippen molar-refractivity contribution in [2.24, 2.45) is 17.8 Å². The normalized spacial score (nSPS) is 26.2. The molecule has 1 aromatic rings. The van der Waals surface area contributed by atoms with E-state index >= 15 is 0 Å². The van der Waals surface area contributed by atoms with Gasteiger partial charge in [0.05, 0.1) is 0 Å². The van der Waals surface area contributed by atoms with Crippen molar-refractivity contribution < 1.29 is 48.2 Å². The van der Waals surface area contributed by atoms with E-state index in [1.807, 2.05) is 71.9 Å². The number of carbonyl (C=O) groups is 8. The summed E-state index contributed by atoms with van der Waals surface area (Å²) in [5.41, 5.74) is 0.163. The molecule has 4 N–H and O–H groups in total. The molecule has 10 atom stereocenters. The van der Waals surface area contributed by atoms with Gasteiger partial charge in [-0.25, -0.2) is 0 Å². The van der Waals surface area contributed by atoms with Crippen LogP contribution in [0.1, 0.15) is 114 Å². The van der Waals surface area contributed by atoms with Gasteiger partial charge in [-0.2, -0.15) is 0 Å². The zero-order chi connectivity index (χ0) is 56.0. The van der Waals surface area contributed by atoms with Crippen molar-refractivity contribution >= 4 is 60.3 Å². The number of carbonyl (C=O) groups excluding carboxylic acids is 8. The molecule has 73 heavy (non-hydrogen) atoms. The Labute approximate surface area is 436 Å². The van der Waals surface area contributed by atoms with Gasteiger partial charge in [-0.05, 0) is 12.8 Å². The minimum atomic E-state index is -1.27. The van der Waals surface area contributed by atoms with Crippen LogP contribution in [0.5, 0.6) is 0 Å². The van der Waals surface area contributed by atoms with Crippen LogP contribution in [-0.4, -0.2) is 210 Å². The molecule has 1 saturated heterocycles. The summed E-state index contributed by atoms with van der Waals surface area (Å²) in [5.74, 6) is -4.99. The summed E-state index contributed by atoms with van der Waals surface area (Å²) in [7, 11) is 13.1. The third kappa shape index (κ3) is 18.5. The summed E-state index contributed by atoms with van der Waals surface area (Å²) in [5, 5.41) is 19.7. The average Bonchev–Trinajstić information content (AvgIpc) is 3.31. The van der Waals surface area contributed by atoms with Crippen LogP contribution in [0.25, 0.3) is 0 Å². The molecule has 1 fully saturated rings. The Kier molecular flexibility index (Phi) is 24.8. The molecule has 1 aliphatic heterocycles. The van der Waals surface area contributed by atoms with Gasteiger partial charge in [0.2, 0.25) is 11.8 Å². The Bertz CT molecular complexity index is 2070. The molecule has 410 valence electrons. The van der Waals surface area contributed by atoms with Gasteiger partial charge in [-0.15, -0.1) is 0 Å². The van der Waals surface area contributed by atoms with E-state index in [1.54, 1.807) is 41.7 Å². The fourth-order valence-electron chi connectivity index (χ4n) is 8.83. The number of aliphatic hydroxyl groups is 1. The van der Waals surface area contributed by atoms with Crippen LogP contribution in [-0.2, 0) is 49.5 Å². The van der Waals surface area contributed by atoms with Crippen molar-refractivity contribution in [3.8, 4) is 0 Å². The Morgan fingerprint density at radius 2 is 1.21 bits per heavy atom. The molecule has 0 unspecified atom stereocenters. The Morgan fingerprint density at radius 1 is 0.685 bits per heavy atom. The van der Waals surface area contributed by atoms with Crippen molar-refractivity contribution in [1.82, 2.24) is 45.3 Å². The Morgan fingerprint density at radius 3 is 1.73 bits per heavy atom. The van der Waals surface area contributed by atoms with Crippen LogP contribution in [0, 0.1) is 17.8 Å². The number of nitrogens with one attached hydrogen (secondary N) is 3. The molecule has 2 rings (SSSR count). The molecule has 0 spiro atoms. The number of hydrogen-bond donors (Lipinski definition) is 4. The van der Waals surface area contributed by atoms with Crippen molar-refractivity contribution in [1.29, 1.82) is 0 Å². The second-order valence-electron chi connectivity index (χ2n) is 22.0. The quantitative estimate of drug-likeness (QED) is 0.233. The van der Waals surface area contributed by atoms with E-state index in [2.05, 4.69) is 23.4 Å². The zero-order valence-corrected chi connectivity index (χ0v) is 47.3. The monoisotopic (exact) mass is 1020 g/mol. The molecule has 0 radical (unpaired) electrons. The molecule has 8 amide bonds. The summed E-state index contributed by atoms with van der Waals surface area (Å²) in [6, 6.07) is 0.562. The first-order valence-electron chi connectivity index (χ1n) is 25.7. The third-order valence-electron chi connectivity index (χ3n) is 13.7. The van der Waals surface area contributed by atoms with E-state index in [4.69, 9.17) is 4.74 Å². The van der Waals surface area contributed by atoms with E-state index < -0.39 is 107 Å². The molecule has 0 aliphatic carbocycles.